The Morgan fingerprint density at radius 3 is 2.90 bits per heavy atom. The molecule has 0 aliphatic carbocycles. The van der Waals surface area contributed by atoms with Gasteiger partial charge < -0.3 is 4.84 Å². The molecule has 0 saturated heterocycles. The molecule has 0 atom stereocenters. The van der Waals surface area contributed by atoms with Crippen molar-refractivity contribution in [1.29, 1.82) is 0 Å². The van der Waals surface area contributed by atoms with E-state index in [1.54, 1.807) is 11.3 Å². The molecule has 0 unspecified atom stereocenters. The summed E-state index contributed by atoms with van der Waals surface area (Å²) < 4.78 is 1.15. The van der Waals surface area contributed by atoms with Gasteiger partial charge in [-0.15, -0.1) is 11.3 Å². The van der Waals surface area contributed by atoms with E-state index in [1.807, 2.05) is 6.07 Å². The van der Waals surface area contributed by atoms with Crippen LogP contribution in [-0.2, 0) is 11.3 Å². The van der Waals surface area contributed by atoms with Gasteiger partial charge in [0.1, 0.15) is 0 Å². The van der Waals surface area contributed by atoms with Crippen LogP contribution in [0.5, 0.6) is 0 Å². The Morgan fingerprint density at radius 1 is 1.60 bits per heavy atom. The minimum absolute atomic E-state index is 0.590. The summed E-state index contributed by atoms with van der Waals surface area (Å²) in [5.41, 5.74) is 0. The molecule has 0 fully saturated rings. The highest BCUT2D eigenvalue weighted by Gasteiger charge is 1.95. The van der Waals surface area contributed by atoms with Gasteiger partial charge in [0, 0.05) is 11.3 Å². The number of thiophene rings is 1. The fourth-order valence-corrected chi connectivity index (χ4v) is 2.11. The number of halogens is 1. The first-order valence-corrected chi connectivity index (χ1v) is 4.50. The van der Waals surface area contributed by atoms with Gasteiger partial charge in [-0.25, -0.2) is 5.90 Å². The van der Waals surface area contributed by atoms with Gasteiger partial charge in [-0.05, 0) is 28.1 Å². The van der Waals surface area contributed by atoms with Crippen LogP contribution < -0.4 is 5.90 Å². The smallest absolute Gasteiger partial charge is 0.0727 e. The molecule has 0 amide bonds. The van der Waals surface area contributed by atoms with Crippen molar-refractivity contribution < 1.29 is 4.84 Å². The molecule has 0 spiro atoms. The lowest BCUT2D eigenvalue weighted by atomic mass is 10.4. The predicted molar refractivity (Wildman–Crippen MR) is 45.9 cm³/mol. The van der Waals surface area contributed by atoms with Crippen molar-refractivity contribution in [2.45, 2.75) is 6.42 Å². The van der Waals surface area contributed by atoms with Gasteiger partial charge in [-0.2, -0.15) is 0 Å². The molecule has 0 radical (unpaired) electrons. The molecule has 1 rings (SSSR count). The van der Waals surface area contributed by atoms with Crippen LogP contribution in [0.25, 0.3) is 0 Å². The lowest BCUT2D eigenvalue weighted by Crippen LogP contribution is -2.02. The maximum atomic E-state index is 4.88. The van der Waals surface area contributed by atoms with E-state index in [2.05, 4.69) is 26.8 Å². The molecule has 2 N–H and O–H groups in total. The van der Waals surface area contributed by atoms with Gasteiger partial charge in [0.2, 0.25) is 0 Å². The van der Waals surface area contributed by atoms with E-state index in [0.29, 0.717) is 6.61 Å². The number of hydrogen-bond donors (Lipinski definition) is 1. The minimum Gasteiger partial charge on any atom is -0.304 e. The van der Waals surface area contributed by atoms with Crippen LogP contribution >= 0.6 is 27.3 Å². The van der Waals surface area contributed by atoms with Crippen molar-refractivity contribution in [1.82, 2.24) is 0 Å². The molecular formula is C6H8BrNOS. The minimum atomic E-state index is 0.590. The van der Waals surface area contributed by atoms with Crippen LogP contribution in [0.2, 0.25) is 0 Å². The quantitative estimate of drug-likeness (QED) is 0.793. The van der Waals surface area contributed by atoms with Crippen LogP contribution in [-0.4, -0.2) is 6.61 Å². The third kappa shape index (κ3) is 2.38. The summed E-state index contributed by atoms with van der Waals surface area (Å²) >= 11 is 5.08. The zero-order valence-corrected chi connectivity index (χ0v) is 7.74. The predicted octanol–water partition coefficient (Wildman–Crippen LogP) is 1.94. The highest BCUT2D eigenvalue weighted by atomic mass is 79.9. The summed E-state index contributed by atoms with van der Waals surface area (Å²) in [5, 5.41) is 0. The fraction of sp³-hybridized carbons (Fsp3) is 0.333. The SMILES string of the molecule is NOCCc1ccc(Br)s1. The summed E-state index contributed by atoms with van der Waals surface area (Å²) in [6.45, 7) is 0.590. The van der Waals surface area contributed by atoms with Gasteiger partial charge in [-0.1, -0.05) is 0 Å². The summed E-state index contributed by atoms with van der Waals surface area (Å²) in [5.74, 6) is 4.88. The van der Waals surface area contributed by atoms with E-state index in [0.717, 1.165) is 10.2 Å². The Morgan fingerprint density at radius 2 is 2.40 bits per heavy atom. The molecule has 1 aromatic rings. The lowest BCUT2D eigenvalue weighted by Gasteiger charge is -1.92. The van der Waals surface area contributed by atoms with E-state index in [9.17, 15) is 0 Å². The molecule has 56 valence electrons. The Bertz CT molecular complexity index is 201. The van der Waals surface area contributed by atoms with Crippen LogP contribution in [0.4, 0.5) is 0 Å². The topological polar surface area (TPSA) is 35.2 Å². The molecule has 1 aromatic heterocycles. The summed E-state index contributed by atoms with van der Waals surface area (Å²) in [6, 6.07) is 4.09. The molecule has 2 nitrogen and oxygen atoms in total. The van der Waals surface area contributed by atoms with Crippen molar-refractivity contribution in [2.24, 2.45) is 5.90 Å². The standard InChI is InChI=1S/C6H8BrNOS/c7-6-2-1-5(10-6)3-4-9-8/h1-2H,3-4,8H2. The first-order chi connectivity index (χ1) is 4.83. The van der Waals surface area contributed by atoms with E-state index < -0.39 is 0 Å². The zero-order chi connectivity index (χ0) is 7.40. The van der Waals surface area contributed by atoms with E-state index in [1.165, 1.54) is 4.88 Å². The maximum absolute atomic E-state index is 4.88. The van der Waals surface area contributed by atoms with Crippen LogP contribution in [0, 0.1) is 0 Å². The van der Waals surface area contributed by atoms with Crippen LogP contribution in [0.3, 0.4) is 0 Å². The van der Waals surface area contributed by atoms with E-state index >= 15 is 0 Å². The number of rotatable bonds is 3. The van der Waals surface area contributed by atoms with Crippen molar-refractivity contribution >= 4 is 27.3 Å². The molecule has 0 saturated carbocycles. The van der Waals surface area contributed by atoms with Gasteiger partial charge in [0.15, 0.2) is 0 Å². The monoisotopic (exact) mass is 221 g/mol. The average molecular weight is 222 g/mol. The molecule has 0 aliphatic rings. The van der Waals surface area contributed by atoms with Crippen LogP contribution in [0.15, 0.2) is 15.9 Å². The average Bonchev–Trinajstić information content (AvgIpc) is 2.31. The van der Waals surface area contributed by atoms with Crippen molar-refractivity contribution in [3.05, 3.63) is 20.8 Å². The number of hydrogen-bond acceptors (Lipinski definition) is 3. The summed E-state index contributed by atoms with van der Waals surface area (Å²) in [4.78, 5) is 5.74. The van der Waals surface area contributed by atoms with E-state index in [4.69, 9.17) is 5.90 Å². The normalized spacial score (nSPS) is 10.2. The first kappa shape index (κ1) is 8.20. The van der Waals surface area contributed by atoms with Gasteiger partial charge in [-0.3, -0.25) is 0 Å². The zero-order valence-electron chi connectivity index (χ0n) is 5.34. The van der Waals surface area contributed by atoms with E-state index in [-0.39, 0.29) is 0 Å². The molecular weight excluding hydrogens is 214 g/mol. The Labute approximate surface area is 72.1 Å². The molecule has 1 heterocycles. The second kappa shape index (κ2) is 4.08. The van der Waals surface area contributed by atoms with Gasteiger partial charge >= 0.3 is 0 Å². The van der Waals surface area contributed by atoms with Crippen LogP contribution in [0.1, 0.15) is 4.88 Å². The third-order valence-electron chi connectivity index (χ3n) is 1.10. The van der Waals surface area contributed by atoms with Crippen molar-refractivity contribution in [3.8, 4) is 0 Å². The van der Waals surface area contributed by atoms with Crippen molar-refractivity contribution in [3.63, 3.8) is 0 Å². The summed E-state index contributed by atoms with van der Waals surface area (Å²) in [6.07, 6.45) is 0.896. The van der Waals surface area contributed by atoms with Gasteiger partial charge in [0.25, 0.3) is 0 Å². The molecule has 0 bridgehead atoms. The highest BCUT2D eigenvalue weighted by Crippen LogP contribution is 2.22. The number of nitrogens with two attached hydrogens (primary N) is 1. The second-order valence-electron chi connectivity index (χ2n) is 1.83. The third-order valence-corrected chi connectivity index (χ3v) is 2.78. The first-order valence-electron chi connectivity index (χ1n) is 2.89. The molecule has 10 heavy (non-hydrogen) atoms. The lowest BCUT2D eigenvalue weighted by molar-refractivity contribution is 0.142. The summed E-state index contributed by atoms with van der Waals surface area (Å²) in [7, 11) is 0. The second-order valence-corrected chi connectivity index (χ2v) is 4.37. The maximum Gasteiger partial charge on any atom is 0.0727 e. The molecule has 0 aliphatic heterocycles. The fourth-order valence-electron chi connectivity index (χ4n) is 0.646. The highest BCUT2D eigenvalue weighted by molar-refractivity contribution is 9.11. The van der Waals surface area contributed by atoms with Gasteiger partial charge in [0.05, 0.1) is 10.4 Å². The molecule has 4 heteroatoms. The Kier molecular flexibility index (Phi) is 3.34. The largest absolute Gasteiger partial charge is 0.304 e. The molecule has 0 aromatic carbocycles. The van der Waals surface area contributed by atoms with Crippen molar-refractivity contribution in [2.75, 3.05) is 6.61 Å². The Hall–Kier alpha value is 0.1000. The Balaban J connectivity index is 2.42.